The molecule has 0 unspecified atom stereocenters. The molecular weight excluding hydrogens is 560 g/mol. The van der Waals surface area contributed by atoms with Crippen LogP contribution < -0.4 is 4.72 Å². The van der Waals surface area contributed by atoms with Crippen molar-refractivity contribution in [2.45, 2.75) is 11.8 Å². The Bertz CT molecular complexity index is 873. The average Bonchev–Trinajstić information content (AvgIpc) is 2.97. The molecule has 1 aromatic carbocycles. The standard InChI is InChI=1S/C27H48N2O11S/c1-4-28-41(31,32)26-7-5-25(6-8-26)27(30)29(9-11-33-2)10-12-35-15-16-37-19-20-39-23-24-40-22-21-38-18-17-36-14-13-34-3/h5-8,28H,4,9-24H2,1-3H3. The topological polar surface area (TPSA) is 140 Å². The molecule has 0 radical (unpaired) electrons. The highest BCUT2D eigenvalue weighted by molar-refractivity contribution is 7.89. The van der Waals surface area contributed by atoms with Gasteiger partial charge in [0.25, 0.3) is 5.91 Å². The fourth-order valence-corrected chi connectivity index (χ4v) is 4.31. The quantitative estimate of drug-likeness (QED) is 0.135. The van der Waals surface area contributed by atoms with Crippen molar-refractivity contribution in [1.29, 1.82) is 0 Å². The first-order valence-corrected chi connectivity index (χ1v) is 15.3. The third-order valence-electron chi connectivity index (χ3n) is 5.40. The fourth-order valence-electron chi connectivity index (χ4n) is 3.27. The third-order valence-corrected chi connectivity index (χ3v) is 6.96. The molecule has 0 bridgehead atoms. The Morgan fingerprint density at radius 3 is 1.44 bits per heavy atom. The monoisotopic (exact) mass is 608 g/mol. The van der Waals surface area contributed by atoms with Crippen LogP contribution in [0.15, 0.2) is 29.2 Å². The van der Waals surface area contributed by atoms with Gasteiger partial charge in [-0.3, -0.25) is 4.79 Å². The number of rotatable bonds is 28. The summed E-state index contributed by atoms with van der Waals surface area (Å²) >= 11 is 0. The zero-order chi connectivity index (χ0) is 30.0. The minimum atomic E-state index is -3.58. The predicted octanol–water partition coefficient (Wildman–Crippen LogP) is 0.819. The second kappa shape index (κ2) is 24.8. The molecule has 1 rings (SSSR count). The van der Waals surface area contributed by atoms with Crippen molar-refractivity contribution in [2.24, 2.45) is 0 Å². The molecule has 13 nitrogen and oxygen atoms in total. The van der Waals surface area contributed by atoms with Crippen molar-refractivity contribution < 1.29 is 51.1 Å². The Morgan fingerprint density at radius 2 is 1.02 bits per heavy atom. The lowest BCUT2D eigenvalue weighted by Crippen LogP contribution is -2.36. The number of benzene rings is 1. The number of carbonyl (C=O) groups excluding carboxylic acids is 1. The molecule has 0 atom stereocenters. The van der Waals surface area contributed by atoms with E-state index in [4.69, 9.17) is 37.9 Å². The van der Waals surface area contributed by atoms with Gasteiger partial charge < -0.3 is 42.8 Å². The van der Waals surface area contributed by atoms with Gasteiger partial charge in [-0.25, -0.2) is 13.1 Å². The van der Waals surface area contributed by atoms with Gasteiger partial charge in [0, 0.05) is 39.4 Å². The summed E-state index contributed by atoms with van der Waals surface area (Å²) in [5, 5.41) is 0. The summed E-state index contributed by atoms with van der Waals surface area (Å²) in [6.07, 6.45) is 0. The maximum Gasteiger partial charge on any atom is 0.254 e. The molecule has 0 spiro atoms. The van der Waals surface area contributed by atoms with E-state index in [1.807, 2.05) is 0 Å². The molecule has 0 saturated heterocycles. The Morgan fingerprint density at radius 1 is 0.634 bits per heavy atom. The van der Waals surface area contributed by atoms with E-state index in [1.54, 1.807) is 26.0 Å². The molecule has 238 valence electrons. The molecule has 0 fully saturated rings. The van der Waals surface area contributed by atoms with E-state index in [2.05, 4.69) is 4.72 Å². The Balaban J connectivity index is 2.10. The predicted molar refractivity (Wildman–Crippen MR) is 152 cm³/mol. The van der Waals surface area contributed by atoms with Crippen LogP contribution in [0.25, 0.3) is 0 Å². The van der Waals surface area contributed by atoms with Crippen LogP contribution in [0.1, 0.15) is 17.3 Å². The normalized spacial score (nSPS) is 11.7. The van der Waals surface area contributed by atoms with E-state index in [0.29, 0.717) is 111 Å². The lowest BCUT2D eigenvalue weighted by atomic mass is 10.2. The molecule has 14 heteroatoms. The molecule has 1 aromatic rings. The number of nitrogens with one attached hydrogen (secondary N) is 1. The van der Waals surface area contributed by atoms with Crippen molar-refractivity contribution in [3.63, 3.8) is 0 Å². The second-order valence-electron chi connectivity index (χ2n) is 8.48. The summed E-state index contributed by atoms with van der Waals surface area (Å²) in [4.78, 5) is 14.7. The van der Waals surface area contributed by atoms with E-state index < -0.39 is 10.0 Å². The van der Waals surface area contributed by atoms with Crippen molar-refractivity contribution in [2.75, 3.05) is 126 Å². The molecule has 0 aliphatic carbocycles. The fraction of sp³-hybridized carbons (Fsp3) is 0.741. The van der Waals surface area contributed by atoms with Gasteiger partial charge in [0.15, 0.2) is 0 Å². The van der Waals surface area contributed by atoms with Crippen LogP contribution in [0, 0.1) is 0 Å². The summed E-state index contributed by atoms with van der Waals surface area (Å²) in [5.74, 6) is -0.230. The summed E-state index contributed by atoms with van der Waals surface area (Å²) in [6.45, 7) is 9.24. The van der Waals surface area contributed by atoms with Crippen LogP contribution in [-0.2, 0) is 47.9 Å². The van der Waals surface area contributed by atoms with Gasteiger partial charge in [0.2, 0.25) is 10.0 Å². The minimum Gasteiger partial charge on any atom is -0.383 e. The van der Waals surface area contributed by atoms with Crippen molar-refractivity contribution in [3.05, 3.63) is 29.8 Å². The number of ether oxygens (including phenoxy) is 8. The number of hydrogen-bond acceptors (Lipinski definition) is 11. The molecule has 1 N–H and O–H groups in total. The van der Waals surface area contributed by atoms with Gasteiger partial charge in [0.05, 0.1) is 97.4 Å². The maximum absolute atomic E-state index is 13.0. The van der Waals surface area contributed by atoms with E-state index in [-0.39, 0.29) is 17.3 Å². The first-order chi connectivity index (χ1) is 20.0. The molecule has 1 amide bonds. The van der Waals surface area contributed by atoms with Crippen LogP contribution >= 0.6 is 0 Å². The zero-order valence-electron chi connectivity index (χ0n) is 24.7. The first kappa shape index (κ1) is 37.3. The van der Waals surface area contributed by atoms with E-state index in [1.165, 1.54) is 24.3 Å². The van der Waals surface area contributed by atoms with E-state index in [9.17, 15) is 13.2 Å². The van der Waals surface area contributed by atoms with Crippen LogP contribution in [0.5, 0.6) is 0 Å². The number of amides is 1. The van der Waals surface area contributed by atoms with Gasteiger partial charge in [-0.1, -0.05) is 6.92 Å². The van der Waals surface area contributed by atoms with Crippen LogP contribution in [0.2, 0.25) is 0 Å². The largest absolute Gasteiger partial charge is 0.383 e. The smallest absolute Gasteiger partial charge is 0.254 e. The van der Waals surface area contributed by atoms with Gasteiger partial charge in [-0.05, 0) is 24.3 Å². The van der Waals surface area contributed by atoms with Gasteiger partial charge in [-0.2, -0.15) is 0 Å². The average molecular weight is 609 g/mol. The highest BCUT2D eigenvalue weighted by Crippen LogP contribution is 2.12. The summed E-state index contributed by atoms with van der Waals surface area (Å²) in [5.41, 5.74) is 0.387. The van der Waals surface area contributed by atoms with Gasteiger partial charge in [-0.15, -0.1) is 0 Å². The van der Waals surface area contributed by atoms with Crippen molar-refractivity contribution in [1.82, 2.24) is 9.62 Å². The molecule has 0 heterocycles. The third kappa shape index (κ3) is 18.4. The molecule has 0 saturated carbocycles. The molecule has 0 aliphatic rings. The number of nitrogens with zero attached hydrogens (tertiary/aromatic N) is 1. The lowest BCUT2D eigenvalue weighted by Gasteiger charge is -2.22. The van der Waals surface area contributed by atoms with Crippen molar-refractivity contribution >= 4 is 15.9 Å². The van der Waals surface area contributed by atoms with E-state index >= 15 is 0 Å². The second-order valence-corrected chi connectivity index (χ2v) is 10.2. The SMILES string of the molecule is CCNS(=O)(=O)c1ccc(C(=O)N(CCOC)CCOCCOCCOCCOCCOCCOCCOC)cc1. The molecular formula is C27H48N2O11S. The van der Waals surface area contributed by atoms with Crippen LogP contribution in [-0.4, -0.2) is 146 Å². The Labute approximate surface area is 244 Å². The summed E-state index contributed by atoms with van der Waals surface area (Å²) < 4.78 is 69.4. The van der Waals surface area contributed by atoms with Crippen molar-refractivity contribution in [3.8, 4) is 0 Å². The molecule has 41 heavy (non-hydrogen) atoms. The first-order valence-electron chi connectivity index (χ1n) is 13.8. The zero-order valence-corrected chi connectivity index (χ0v) is 25.5. The highest BCUT2D eigenvalue weighted by atomic mass is 32.2. The molecule has 0 aromatic heterocycles. The summed E-state index contributed by atoms with van der Waals surface area (Å²) in [7, 11) is -0.382. The maximum atomic E-state index is 13.0. The Hall–Kier alpha value is -1.72. The number of sulfonamides is 1. The van der Waals surface area contributed by atoms with Crippen LogP contribution in [0.3, 0.4) is 0 Å². The Kier molecular flexibility index (Phi) is 22.6. The minimum absolute atomic E-state index is 0.110. The van der Waals surface area contributed by atoms with E-state index in [0.717, 1.165) is 0 Å². The molecule has 0 aliphatic heterocycles. The summed E-state index contributed by atoms with van der Waals surface area (Å²) in [6, 6.07) is 5.86. The lowest BCUT2D eigenvalue weighted by molar-refractivity contribution is -0.0196. The number of methoxy groups -OCH3 is 2. The van der Waals surface area contributed by atoms with Crippen LogP contribution in [0.4, 0.5) is 0 Å². The van der Waals surface area contributed by atoms with Gasteiger partial charge in [0.1, 0.15) is 0 Å². The highest BCUT2D eigenvalue weighted by Gasteiger charge is 2.18. The number of carbonyl (C=O) groups is 1. The number of hydrogen-bond donors (Lipinski definition) is 1. The van der Waals surface area contributed by atoms with Gasteiger partial charge >= 0.3 is 0 Å².